The summed E-state index contributed by atoms with van der Waals surface area (Å²) >= 11 is 0. The van der Waals surface area contributed by atoms with Crippen LogP contribution in [-0.2, 0) is 10.2 Å². The van der Waals surface area contributed by atoms with Crippen LogP contribution in [-0.4, -0.2) is 17.4 Å². The van der Waals surface area contributed by atoms with Crippen LogP contribution in [0.5, 0.6) is 0 Å². The van der Waals surface area contributed by atoms with Gasteiger partial charge in [0.15, 0.2) is 0 Å². The van der Waals surface area contributed by atoms with Gasteiger partial charge in [0.25, 0.3) is 0 Å². The highest BCUT2D eigenvalue weighted by molar-refractivity contribution is 5.84. The molecule has 0 radical (unpaired) electrons. The number of benzene rings is 1. The van der Waals surface area contributed by atoms with Gasteiger partial charge in [-0.15, -0.1) is 0 Å². The number of halogens is 2. The molecule has 132 valence electrons. The van der Waals surface area contributed by atoms with Crippen molar-refractivity contribution < 1.29 is 13.6 Å². The lowest BCUT2D eigenvalue weighted by Crippen LogP contribution is -2.37. The minimum Gasteiger partial charge on any atom is -0.355 e. The van der Waals surface area contributed by atoms with Crippen LogP contribution in [0.15, 0.2) is 42.7 Å². The number of carbonyl (C=O) groups excluding carboxylic acids is 1. The first-order valence-corrected chi connectivity index (χ1v) is 8.56. The third-order valence-electron chi connectivity index (χ3n) is 4.97. The zero-order valence-corrected chi connectivity index (χ0v) is 14.4. The lowest BCUT2D eigenvalue weighted by molar-refractivity contribution is -0.123. The van der Waals surface area contributed by atoms with Crippen LogP contribution in [0.25, 0.3) is 0 Å². The number of carbonyl (C=O) groups is 1. The van der Waals surface area contributed by atoms with E-state index < -0.39 is 17.0 Å². The largest absolute Gasteiger partial charge is 0.355 e. The number of pyridine rings is 1. The molecule has 0 spiro atoms. The summed E-state index contributed by atoms with van der Waals surface area (Å²) in [5.41, 5.74) is 0.993. The standard InChI is InChI=1S/C20H22F2N2O/c1-13(2)18(14-5-9-23-10-6-14)19(25)24-12-20(7-8-20)16-4-3-15(21)11-17(16)22/h3-6,9-11,13,18H,7-8,12H2,1-2H3,(H,24,25)/t18-/m0/s1. The predicted octanol–water partition coefficient (Wildman–Crippen LogP) is 3.95. The number of rotatable bonds is 6. The third kappa shape index (κ3) is 3.70. The van der Waals surface area contributed by atoms with E-state index in [1.54, 1.807) is 12.4 Å². The van der Waals surface area contributed by atoms with Gasteiger partial charge >= 0.3 is 0 Å². The van der Waals surface area contributed by atoms with Gasteiger partial charge in [-0.2, -0.15) is 0 Å². The molecule has 3 nitrogen and oxygen atoms in total. The molecule has 0 saturated heterocycles. The topological polar surface area (TPSA) is 42.0 Å². The van der Waals surface area contributed by atoms with Crippen LogP contribution in [0.3, 0.4) is 0 Å². The number of amides is 1. The Morgan fingerprint density at radius 1 is 1.20 bits per heavy atom. The van der Waals surface area contributed by atoms with E-state index in [0.29, 0.717) is 12.1 Å². The molecule has 1 atom stereocenters. The summed E-state index contributed by atoms with van der Waals surface area (Å²) in [6, 6.07) is 7.36. The fraction of sp³-hybridized carbons (Fsp3) is 0.400. The van der Waals surface area contributed by atoms with E-state index in [2.05, 4.69) is 10.3 Å². The van der Waals surface area contributed by atoms with E-state index in [-0.39, 0.29) is 17.7 Å². The van der Waals surface area contributed by atoms with Crippen LogP contribution in [0.1, 0.15) is 43.7 Å². The SMILES string of the molecule is CC(C)[C@H](C(=O)NCC1(c2ccc(F)cc2F)CC1)c1ccncc1. The quantitative estimate of drug-likeness (QED) is 0.862. The normalized spacial score (nSPS) is 16.5. The van der Waals surface area contributed by atoms with Crippen molar-refractivity contribution in [3.63, 3.8) is 0 Å². The van der Waals surface area contributed by atoms with Crippen LogP contribution >= 0.6 is 0 Å². The van der Waals surface area contributed by atoms with Crippen molar-refractivity contribution in [2.45, 2.75) is 38.0 Å². The number of nitrogens with zero attached hydrogens (tertiary/aromatic N) is 1. The van der Waals surface area contributed by atoms with E-state index in [1.807, 2.05) is 26.0 Å². The van der Waals surface area contributed by atoms with E-state index in [1.165, 1.54) is 12.1 Å². The van der Waals surface area contributed by atoms with E-state index in [0.717, 1.165) is 24.5 Å². The average Bonchev–Trinajstić information content (AvgIpc) is 3.34. The van der Waals surface area contributed by atoms with Gasteiger partial charge in [-0.05, 0) is 48.1 Å². The molecule has 1 aromatic carbocycles. The Labute approximate surface area is 146 Å². The smallest absolute Gasteiger partial charge is 0.227 e. The summed E-state index contributed by atoms with van der Waals surface area (Å²) < 4.78 is 27.2. The highest BCUT2D eigenvalue weighted by atomic mass is 19.1. The molecule has 25 heavy (non-hydrogen) atoms. The molecule has 1 aliphatic carbocycles. The van der Waals surface area contributed by atoms with Gasteiger partial charge in [-0.3, -0.25) is 9.78 Å². The fourth-order valence-corrected chi connectivity index (χ4v) is 3.39. The summed E-state index contributed by atoms with van der Waals surface area (Å²) in [6.07, 6.45) is 4.93. The number of aromatic nitrogens is 1. The molecule has 1 amide bonds. The molecule has 0 unspecified atom stereocenters. The molecule has 2 aromatic rings. The fourth-order valence-electron chi connectivity index (χ4n) is 3.39. The zero-order chi connectivity index (χ0) is 18.0. The summed E-state index contributed by atoms with van der Waals surface area (Å²) in [5.74, 6) is -1.35. The molecule has 1 fully saturated rings. The van der Waals surface area contributed by atoms with Crippen LogP contribution < -0.4 is 5.32 Å². The molecule has 3 rings (SSSR count). The van der Waals surface area contributed by atoms with Crippen molar-refractivity contribution in [2.75, 3.05) is 6.54 Å². The van der Waals surface area contributed by atoms with Gasteiger partial charge in [0.2, 0.25) is 5.91 Å². The number of hydrogen-bond donors (Lipinski definition) is 1. The summed E-state index contributed by atoms with van der Waals surface area (Å²) in [5, 5.41) is 2.99. The van der Waals surface area contributed by atoms with E-state index in [9.17, 15) is 13.6 Å². The minimum absolute atomic E-state index is 0.0741. The van der Waals surface area contributed by atoms with E-state index in [4.69, 9.17) is 0 Å². The first kappa shape index (κ1) is 17.5. The summed E-state index contributed by atoms with van der Waals surface area (Å²) in [4.78, 5) is 16.7. The van der Waals surface area contributed by atoms with Crippen LogP contribution in [0.4, 0.5) is 8.78 Å². The molecular weight excluding hydrogens is 322 g/mol. The molecule has 0 bridgehead atoms. The Kier molecular flexibility index (Phi) is 4.84. The molecule has 1 aliphatic rings. The maximum atomic E-state index is 14.1. The van der Waals surface area contributed by atoms with Gasteiger partial charge in [0.05, 0.1) is 5.92 Å². The molecular formula is C20H22F2N2O. The highest BCUT2D eigenvalue weighted by Crippen LogP contribution is 2.48. The van der Waals surface area contributed by atoms with Crippen molar-refractivity contribution >= 4 is 5.91 Å². The predicted molar refractivity (Wildman–Crippen MR) is 92.1 cm³/mol. The van der Waals surface area contributed by atoms with Crippen molar-refractivity contribution in [1.29, 1.82) is 0 Å². The average molecular weight is 344 g/mol. The molecule has 1 saturated carbocycles. The van der Waals surface area contributed by atoms with Crippen molar-refractivity contribution in [3.05, 3.63) is 65.5 Å². The zero-order valence-electron chi connectivity index (χ0n) is 14.4. The first-order chi connectivity index (χ1) is 11.9. The summed E-state index contributed by atoms with van der Waals surface area (Å²) in [7, 11) is 0. The van der Waals surface area contributed by atoms with Gasteiger partial charge in [-0.25, -0.2) is 8.78 Å². The Balaban J connectivity index is 1.73. The van der Waals surface area contributed by atoms with Crippen molar-refractivity contribution in [3.8, 4) is 0 Å². The van der Waals surface area contributed by atoms with Crippen LogP contribution in [0, 0.1) is 17.6 Å². The maximum absolute atomic E-state index is 14.1. The van der Waals surface area contributed by atoms with E-state index >= 15 is 0 Å². The maximum Gasteiger partial charge on any atom is 0.227 e. The molecule has 1 aromatic heterocycles. The second-order valence-corrected chi connectivity index (χ2v) is 7.12. The highest BCUT2D eigenvalue weighted by Gasteiger charge is 2.46. The van der Waals surface area contributed by atoms with Crippen LogP contribution in [0.2, 0.25) is 0 Å². The number of nitrogens with one attached hydrogen (secondary N) is 1. The lowest BCUT2D eigenvalue weighted by atomic mass is 9.87. The van der Waals surface area contributed by atoms with Gasteiger partial charge in [-0.1, -0.05) is 19.9 Å². The van der Waals surface area contributed by atoms with Crippen molar-refractivity contribution in [2.24, 2.45) is 5.92 Å². The Morgan fingerprint density at radius 2 is 1.88 bits per heavy atom. The Morgan fingerprint density at radius 3 is 2.44 bits per heavy atom. The van der Waals surface area contributed by atoms with Gasteiger partial charge < -0.3 is 5.32 Å². The number of hydrogen-bond acceptors (Lipinski definition) is 2. The second kappa shape index (κ2) is 6.90. The first-order valence-electron chi connectivity index (χ1n) is 8.56. The Hall–Kier alpha value is -2.30. The molecule has 0 aliphatic heterocycles. The third-order valence-corrected chi connectivity index (χ3v) is 4.97. The molecule has 1 N–H and O–H groups in total. The molecule has 1 heterocycles. The monoisotopic (exact) mass is 344 g/mol. The van der Waals surface area contributed by atoms with Gasteiger partial charge in [0, 0.05) is 30.4 Å². The molecule has 5 heteroatoms. The van der Waals surface area contributed by atoms with Gasteiger partial charge in [0.1, 0.15) is 11.6 Å². The minimum atomic E-state index is -0.585. The second-order valence-electron chi connectivity index (χ2n) is 7.12. The summed E-state index contributed by atoms with van der Waals surface area (Å²) in [6.45, 7) is 4.36. The Bertz CT molecular complexity index is 758. The lowest BCUT2D eigenvalue weighted by Gasteiger charge is -2.23. The van der Waals surface area contributed by atoms with Crippen molar-refractivity contribution in [1.82, 2.24) is 10.3 Å².